The number of carbonyl (C=O) groups is 1. The number of hydrogen-bond donors (Lipinski definition) is 3. The quantitative estimate of drug-likeness (QED) is 0.246. The average Bonchev–Trinajstić information content (AvgIpc) is 3.47. The molecule has 6 rings (SSSR count). The SMILES string of the molecule is Cc1cccc(C)c1NC[C@H]1CCCN1C(=O)c1ccc2c(c1)[C@@H](NS(=O)(=O)c1cccc3ccccc13)[C@H](O)C(C)(C)O2. The normalized spacial score (nSPS) is 21.1. The van der Waals surface area contributed by atoms with Crippen molar-refractivity contribution < 1.29 is 23.1 Å². The molecule has 4 aromatic rings. The first-order valence-electron chi connectivity index (χ1n) is 15.1. The molecule has 3 N–H and O–H groups in total. The summed E-state index contributed by atoms with van der Waals surface area (Å²) in [5.41, 5.74) is 3.19. The Bertz CT molecular complexity index is 1810. The van der Waals surface area contributed by atoms with E-state index in [0.29, 0.717) is 35.4 Å². The Morgan fingerprint density at radius 1 is 1.00 bits per heavy atom. The van der Waals surface area contributed by atoms with E-state index in [1.807, 2.05) is 29.2 Å². The second-order valence-electron chi connectivity index (χ2n) is 12.4. The number of hydrogen-bond acceptors (Lipinski definition) is 6. The fourth-order valence-corrected chi connectivity index (χ4v) is 7.97. The van der Waals surface area contributed by atoms with Crippen molar-refractivity contribution in [2.24, 2.45) is 0 Å². The maximum Gasteiger partial charge on any atom is 0.254 e. The number of aryl methyl sites for hydroxylation is 2. The number of aliphatic hydroxyl groups excluding tert-OH is 1. The maximum absolute atomic E-state index is 13.9. The molecule has 0 radical (unpaired) electrons. The van der Waals surface area contributed by atoms with Gasteiger partial charge in [-0.15, -0.1) is 0 Å². The number of benzene rings is 4. The van der Waals surface area contributed by atoms with Crippen molar-refractivity contribution >= 4 is 32.4 Å². The Balaban J connectivity index is 1.29. The van der Waals surface area contributed by atoms with Crippen LogP contribution in [0.4, 0.5) is 5.69 Å². The van der Waals surface area contributed by atoms with Crippen LogP contribution < -0.4 is 14.8 Å². The van der Waals surface area contributed by atoms with Gasteiger partial charge < -0.3 is 20.1 Å². The van der Waals surface area contributed by atoms with Gasteiger partial charge in [0.2, 0.25) is 10.0 Å². The highest BCUT2D eigenvalue weighted by molar-refractivity contribution is 7.89. The Hall–Kier alpha value is -3.92. The van der Waals surface area contributed by atoms with E-state index in [1.165, 1.54) is 0 Å². The van der Waals surface area contributed by atoms with Crippen LogP contribution in [-0.4, -0.2) is 55.2 Å². The van der Waals surface area contributed by atoms with Crippen LogP contribution in [0, 0.1) is 13.8 Å². The van der Waals surface area contributed by atoms with E-state index in [0.717, 1.165) is 35.0 Å². The van der Waals surface area contributed by atoms with Gasteiger partial charge in [0.15, 0.2) is 0 Å². The van der Waals surface area contributed by atoms with Gasteiger partial charge in [-0.25, -0.2) is 13.1 Å². The molecule has 2 aliphatic heterocycles. The lowest BCUT2D eigenvalue weighted by molar-refractivity contribution is -0.0603. The van der Waals surface area contributed by atoms with Gasteiger partial charge in [0.05, 0.1) is 10.9 Å². The monoisotopic (exact) mass is 613 g/mol. The van der Waals surface area contributed by atoms with Crippen molar-refractivity contribution in [2.75, 3.05) is 18.4 Å². The number of sulfonamides is 1. The zero-order valence-corrected chi connectivity index (χ0v) is 26.3. The highest BCUT2D eigenvalue weighted by Crippen LogP contribution is 2.41. The molecule has 230 valence electrons. The number of aliphatic hydroxyl groups is 1. The number of fused-ring (bicyclic) bond motifs is 2. The van der Waals surface area contributed by atoms with Crippen LogP contribution in [0.5, 0.6) is 5.75 Å². The Morgan fingerprint density at radius 3 is 2.48 bits per heavy atom. The second-order valence-corrected chi connectivity index (χ2v) is 14.1. The van der Waals surface area contributed by atoms with Gasteiger partial charge in [-0.1, -0.05) is 54.6 Å². The predicted octanol–water partition coefficient (Wildman–Crippen LogP) is 5.72. The van der Waals surface area contributed by atoms with Gasteiger partial charge in [0, 0.05) is 41.3 Å². The summed E-state index contributed by atoms with van der Waals surface area (Å²) in [5.74, 6) is 0.297. The molecule has 0 saturated carbocycles. The first-order chi connectivity index (χ1) is 21.0. The van der Waals surface area contributed by atoms with Gasteiger partial charge in [0.1, 0.15) is 17.5 Å². The van der Waals surface area contributed by atoms with E-state index in [9.17, 15) is 18.3 Å². The summed E-state index contributed by atoms with van der Waals surface area (Å²) in [6.07, 6.45) is 0.573. The predicted molar refractivity (Wildman–Crippen MR) is 173 cm³/mol. The number of carbonyl (C=O) groups excluding carboxylic acids is 1. The molecule has 0 unspecified atom stereocenters. The number of rotatable bonds is 7. The zero-order chi connectivity index (χ0) is 31.2. The maximum atomic E-state index is 13.9. The topological polar surface area (TPSA) is 108 Å². The summed E-state index contributed by atoms with van der Waals surface area (Å²) in [7, 11) is -4.08. The van der Waals surface area contributed by atoms with Crippen LogP contribution >= 0.6 is 0 Å². The molecule has 1 saturated heterocycles. The van der Waals surface area contributed by atoms with Crippen LogP contribution in [0.15, 0.2) is 83.8 Å². The molecule has 0 spiro atoms. The Morgan fingerprint density at radius 2 is 1.70 bits per heavy atom. The van der Waals surface area contributed by atoms with Gasteiger partial charge in [-0.2, -0.15) is 0 Å². The van der Waals surface area contributed by atoms with Crippen molar-refractivity contribution in [1.29, 1.82) is 0 Å². The molecule has 1 amide bonds. The van der Waals surface area contributed by atoms with Crippen LogP contribution in [0.25, 0.3) is 10.8 Å². The lowest BCUT2D eigenvalue weighted by Crippen LogP contribution is -2.53. The number of amides is 1. The number of para-hydroxylation sites is 1. The number of nitrogens with one attached hydrogen (secondary N) is 2. The minimum absolute atomic E-state index is 0.0129. The number of likely N-dealkylation sites (tertiary alicyclic amines) is 1. The van der Waals surface area contributed by atoms with Crippen molar-refractivity contribution in [2.45, 2.75) is 69.2 Å². The summed E-state index contributed by atoms with van der Waals surface area (Å²) >= 11 is 0. The van der Waals surface area contributed by atoms with Crippen molar-refractivity contribution in [1.82, 2.24) is 9.62 Å². The van der Waals surface area contributed by atoms with Gasteiger partial charge in [0.25, 0.3) is 5.91 Å². The minimum atomic E-state index is -4.08. The first kappa shape index (κ1) is 30.1. The number of ether oxygens (including phenoxy) is 1. The van der Waals surface area contributed by atoms with Crippen molar-refractivity contribution in [3.63, 3.8) is 0 Å². The highest BCUT2D eigenvalue weighted by Gasteiger charge is 2.45. The molecule has 2 heterocycles. The summed E-state index contributed by atoms with van der Waals surface area (Å²) in [6, 6.07) is 22.6. The molecular formula is C35H39N3O5S. The van der Waals surface area contributed by atoms with E-state index in [1.54, 1.807) is 56.3 Å². The number of anilines is 1. The molecule has 0 aromatic heterocycles. The molecule has 8 nitrogen and oxygen atoms in total. The molecule has 0 aliphatic carbocycles. The van der Waals surface area contributed by atoms with E-state index >= 15 is 0 Å². The van der Waals surface area contributed by atoms with E-state index in [2.05, 4.69) is 36.0 Å². The van der Waals surface area contributed by atoms with Crippen LogP contribution in [0.2, 0.25) is 0 Å². The largest absolute Gasteiger partial charge is 0.485 e. The summed E-state index contributed by atoms with van der Waals surface area (Å²) in [6.45, 7) is 8.85. The van der Waals surface area contributed by atoms with Crippen molar-refractivity contribution in [3.8, 4) is 5.75 Å². The third-order valence-electron chi connectivity index (χ3n) is 8.95. The smallest absolute Gasteiger partial charge is 0.254 e. The zero-order valence-electron chi connectivity index (χ0n) is 25.5. The molecular weight excluding hydrogens is 574 g/mol. The summed E-state index contributed by atoms with van der Waals surface area (Å²) in [5, 5.41) is 16.4. The third-order valence-corrected chi connectivity index (χ3v) is 10.4. The fourth-order valence-electron chi connectivity index (χ4n) is 6.52. The summed E-state index contributed by atoms with van der Waals surface area (Å²) in [4.78, 5) is 15.9. The standard InChI is InChI=1S/C35H39N3O5S/c1-22-10-7-11-23(2)31(22)36-21-26-14-9-19-38(26)34(40)25-17-18-29-28(20-25)32(33(39)35(3,4)43-29)37-44(41,42)30-16-8-13-24-12-5-6-15-27(24)30/h5-8,10-13,15-18,20,26,32-33,36-37,39H,9,14,19,21H2,1-4H3/t26-,32-,33+/m1/s1. The molecule has 1 fully saturated rings. The van der Waals surface area contributed by atoms with Crippen LogP contribution in [0.1, 0.15) is 59.8 Å². The average molecular weight is 614 g/mol. The molecule has 3 atom stereocenters. The molecule has 4 aromatic carbocycles. The molecule has 2 aliphatic rings. The lowest BCUT2D eigenvalue weighted by atomic mass is 9.86. The van der Waals surface area contributed by atoms with Crippen LogP contribution in [0.3, 0.4) is 0 Å². The van der Waals surface area contributed by atoms with Crippen molar-refractivity contribution in [3.05, 3.63) is 101 Å². The van der Waals surface area contributed by atoms with Gasteiger partial charge in [-0.05, 0) is 81.3 Å². The van der Waals surface area contributed by atoms with E-state index in [-0.39, 0.29) is 16.8 Å². The summed E-state index contributed by atoms with van der Waals surface area (Å²) < 4.78 is 36.6. The van der Waals surface area contributed by atoms with E-state index < -0.39 is 27.8 Å². The van der Waals surface area contributed by atoms with Gasteiger partial charge >= 0.3 is 0 Å². The van der Waals surface area contributed by atoms with Crippen LogP contribution in [-0.2, 0) is 10.0 Å². The third kappa shape index (κ3) is 5.56. The highest BCUT2D eigenvalue weighted by atomic mass is 32.2. The second kappa shape index (κ2) is 11.5. The minimum Gasteiger partial charge on any atom is -0.485 e. The lowest BCUT2D eigenvalue weighted by Gasteiger charge is -2.42. The Kier molecular flexibility index (Phi) is 7.90. The molecule has 0 bridgehead atoms. The fraction of sp³-hybridized carbons (Fsp3) is 0.343. The molecule has 9 heteroatoms. The van der Waals surface area contributed by atoms with Gasteiger partial charge in [-0.3, -0.25) is 4.79 Å². The van der Waals surface area contributed by atoms with E-state index in [4.69, 9.17) is 4.74 Å². The number of nitrogens with zero attached hydrogens (tertiary/aromatic N) is 1. The molecule has 44 heavy (non-hydrogen) atoms. The Labute approximate surface area is 259 Å². The first-order valence-corrected chi connectivity index (χ1v) is 16.6.